The van der Waals surface area contributed by atoms with Crippen LogP contribution < -0.4 is 9.47 Å². The maximum atomic E-state index is 12.2. The lowest BCUT2D eigenvalue weighted by atomic mass is 10.1. The number of methoxy groups -OCH3 is 1. The summed E-state index contributed by atoms with van der Waals surface area (Å²) in [7, 11) is 1.51. The highest BCUT2D eigenvalue weighted by Gasteiger charge is 2.24. The number of likely N-dealkylation sites (tertiary alicyclic amines) is 1. The van der Waals surface area contributed by atoms with Crippen LogP contribution >= 0.6 is 0 Å². The van der Waals surface area contributed by atoms with E-state index in [1.807, 2.05) is 4.90 Å². The summed E-state index contributed by atoms with van der Waals surface area (Å²) >= 11 is 0. The smallest absolute Gasteiger partial charge is 0.319 e. The molecule has 0 bridgehead atoms. The van der Waals surface area contributed by atoms with Gasteiger partial charge in [-0.05, 0) is 0 Å². The molecule has 3 heterocycles. The Kier molecular flexibility index (Phi) is 4.65. The van der Waals surface area contributed by atoms with Crippen molar-refractivity contribution in [1.82, 2.24) is 29.6 Å². The molecule has 0 N–H and O–H groups in total. The van der Waals surface area contributed by atoms with Gasteiger partial charge in [-0.25, -0.2) is 14.6 Å². The lowest BCUT2D eigenvalue weighted by molar-refractivity contribution is -0.133. The third-order valence-electron chi connectivity index (χ3n) is 3.64. The van der Waals surface area contributed by atoms with Crippen molar-refractivity contribution in [3.8, 4) is 11.9 Å². The molecule has 0 unspecified atom stereocenters. The highest BCUT2D eigenvalue weighted by molar-refractivity contribution is 5.75. The zero-order chi connectivity index (χ0) is 16.1. The zero-order valence-corrected chi connectivity index (χ0v) is 12.8. The quantitative estimate of drug-likeness (QED) is 0.774. The molecule has 1 aliphatic rings. The molecule has 1 saturated heterocycles. The van der Waals surface area contributed by atoms with Crippen LogP contribution in [-0.2, 0) is 11.3 Å². The van der Waals surface area contributed by atoms with E-state index in [2.05, 4.69) is 20.1 Å². The van der Waals surface area contributed by atoms with Crippen LogP contribution in [0, 0.1) is 0 Å². The summed E-state index contributed by atoms with van der Waals surface area (Å²) in [6.45, 7) is 1.52. The molecule has 0 aliphatic carbocycles. The fourth-order valence-electron chi connectivity index (χ4n) is 2.44. The molecule has 1 fully saturated rings. The van der Waals surface area contributed by atoms with Gasteiger partial charge in [-0.3, -0.25) is 4.79 Å². The van der Waals surface area contributed by atoms with E-state index in [1.54, 1.807) is 12.3 Å². The molecule has 9 heteroatoms. The summed E-state index contributed by atoms with van der Waals surface area (Å²) in [4.78, 5) is 25.9. The first-order valence-corrected chi connectivity index (χ1v) is 7.38. The second kappa shape index (κ2) is 7.03. The van der Waals surface area contributed by atoms with Crippen molar-refractivity contribution in [3.63, 3.8) is 0 Å². The minimum absolute atomic E-state index is 0.0324. The van der Waals surface area contributed by atoms with E-state index in [-0.39, 0.29) is 24.6 Å². The normalized spacial score (nSPS) is 15.4. The van der Waals surface area contributed by atoms with Crippen molar-refractivity contribution < 1.29 is 14.3 Å². The number of carbonyl (C=O) groups is 1. The summed E-state index contributed by atoms with van der Waals surface area (Å²) in [6, 6.07) is 1.98. The first-order chi connectivity index (χ1) is 11.2. The van der Waals surface area contributed by atoms with Gasteiger partial charge < -0.3 is 14.4 Å². The number of amides is 1. The molecule has 3 rings (SSSR count). The standard InChI is InChI=1S/C14H18N6O3/c1-22-14-16-5-2-12(18-14)23-11-3-6-19(7-4-11)13(21)8-20-10-15-9-17-20/h2,5,9-11H,3-4,6-8H2,1H3. The van der Waals surface area contributed by atoms with E-state index >= 15 is 0 Å². The van der Waals surface area contributed by atoms with Gasteiger partial charge in [-0.2, -0.15) is 10.1 Å². The minimum atomic E-state index is 0.0324. The first kappa shape index (κ1) is 15.2. The van der Waals surface area contributed by atoms with Crippen LogP contribution in [0.2, 0.25) is 0 Å². The summed E-state index contributed by atoms with van der Waals surface area (Å²) in [5.74, 6) is 0.530. The highest BCUT2D eigenvalue weighted by atomic mass is 16.5. The molecule has 9 nitrogen and oxygen atoms in total. The monoisotopic (exact) mass is 318 g/mol. The van der Waals surface area contributed by atoms with Crippen molar-refractivity contribution in [2.45, 2.75) is 25.5 Å². The molecular weight excluding hydrogens is 300 g/mol. The van der Waals surface area contributed by atoms with Crippen LogP contribution in [0.1, 0.15) is 12.8 Å². The highest BCUT2D eigenvalue weighted by Crippen LogP contribution is 2.18. The van der Waals surface area contributed by atoms with Crippen LogP contribution in [0.4, 0.5) is 0 Å². The average molecular weight is 318 g/mol. The maximum absolute atomic E-state index is 12.2. The van der Waals surface area contributed by atoms with Crippen molar-refractivity contribution in [1.29, 1.82) is 0 Å². The summed E-state index contributed by atoms with van der Waals surface area (Å²) < 4.78 is 12.3. The van der Waals surface area contributed by atoms with E-state index < -0.39 is 0 Å². The molecule has 1 aliphatic heterocycles. The molecular formula is C14H18N6O3. The van der Waals surface area contributed by atoms with E-state index in [9.17, 15) is 4.79 Å². The van der Waals surface area contributed by atoms with E-state index in [0.717, 1.165) is 12.8 Å². The Balaban J connectivity index is 1.49. The SMILES string of the molecule is COc1nccc(OC2CCN(C(=O)Cn3cncn3)CC2)n1. The number of carbonyl (C=O) groups excluding carboxylic acids is 1. The van der Waals surface area contributed by atoms with Crippen LogP contribution in [0.5, 0.6) is 11.9 Å². The number of piperidine rings is 1. The van der Waals surface area contributed by atoms with Gasteiger partial charge in [0.05, 0.1) is 7.11 Å². The zero-order valence-electron chi connectivity index (χ0n) is 12.8. The van der Waals surface area contributed by atoms with Gasteiger partial charge in [0.15, 0.2) is 0 Å². The fourth-order valence-corrected chi connectivity index (χ4v) is 2.44. The van der Waals surface area contributed by atoms with Crippen LogP contribution in [0.15, 0.2) is 24.9 Å². The molecule has 2 aromatic heterocycles. The van der Waals surface area contributed by atoms with Crippen LogP contribution in [-0.4, -0.2) is 61.8 Å². The predicted octanol–water partition coefficient (Wildman–Crippen LogP) is 0.147. The third-order valence-corrected chi connectivity index (χ3v) is 3.64. The minimum Gasteiger partial charge on any atom is -0.474 e. The maximum Gasteiger partial charge on any atom is 0.319 e. The van der Waals surface area contributed by atoms with Gasteiger partial charge in [0, 0.05) is 38.2 Å². The Morgan fingerprint density at radius 3 is 2.91 bits per heavy atom. The molecule has 2 aromatic rings. The lowest BCUT2D eigenvalue weighted by Crippen LogP contribution is -2.43. The van der Waals surface area contributed by atoms with Gasteiger partial charge in [0.2, 0.25) is 11.8 Å². The van der Waals surface area contributed by atoms with Crippen LogP contribution in [0.25, 0.3) is 0 Å². The number of aromatic nitrogens is 5. The van der Waals surface area contributed by atoms with Gasteiger partial charge in [-0.1, -0.05) is 0 Å². The van der Waals surface area contributed by atoms with Crippen LogP contribution in [0.3, 0.4) is 0 Å². The van der Waals surface area contributed by atoms with Gasteiger partial charge >= 0.3 is 6.01 Å². The molecule has 23 heavy (non-hydrogen) atoms. The average Bonchev–Trinajstić information content (AvgIpc) is 3.08. The fraction of sp³-hybridized carbons (Fsp3) is 0.500. The first-order valence-electron chi connectivity index (χ1n) is 7.38. The Hall–Kier alpha value is -2.71. The summed E-state index contributed by atoms with van der Waals surface area (Å²) in [6.07, 6.45) is 6.10. The topological polar surface area (TPSA) is 95.3 Å². The lowest BCUT2D eigenvalue weighted by Gasteiger charge is -2.31. The Morgan fingerprint density at radius 1 is 1.39 bits per heavy atom. The Bertz CT molecular complexity index is 640. The molecule has 0 aromatic carbocycles. The molecule has 0 atom stereocenters. The van der Waals surface area contributed by atoms with Gasteiger partial charge in [-0.15, -0.1) is 0 Å². The largest absolute Gasteiger partial charge is 0.474 e. The predicted molar refractivity (Wildman–Crippen MR) is 78.8 cm³/mol. The molecule has 122 valence electrons. The molecule has 0 radical (unpaired) electrons. The Morgan fingerprint density at radius 2 is 2.22 bits per heavy atom. The van der Waals surface area contributed by atoms with Gasteiger partial charge in [0.25, 0.3) is 0 Å². The van der Waals surface area contributed by atoms with Gasteiger partial charge in [0.1, 0.15) is 25.3 Å². The van der Waals surface area contributed by atoms with Crippen molar-refractivity contribution >= 4 is 5.91 Å². The number of hydrogen-bond donors (Lipinski definition) is 0. The number of nitrogens with zero attached hydrogens (tertiary/aromatic N) is 6. The van der Waals surface area contributed by atoms with E-state index in [0.29, 0.717) is 19.0 Å². The van der Waals surface area contributed by atoms with Crippen molar-refractivity contribution in [2.75, 3.05) is 20.2 Å². The second-order valence-corrected chi connectivity index (χ2v) is 5.17. The summed E-state index contributed by atoms with van der Waals surface area (Å²) in [5.41, 5.74) is 0. The van der Waals surface area contributed by atoms with E-state index in [4.69, 9.17) is 9.47 Å². The third kappa shape index (κ3) is 3.93. The number of ether oxygens (including phenoxy) is 2. The second-order valence-electron chi connectivity index (χ2n) is 5.17. The van der Waals surface area contributed by atoms with E-state index in [1.165, 1.54) is 24.4 Å². The number of hydrogen-bond acceptors (Lipinski definition) is 7. The van der Waals surface area contributed by atoms with Crippen molar-refractivity contribution in [3.05, 3.63) is 24.9 Å². The Labute approximate surface area is 133 Å². The van der Waals surface area contributed by atoms with Crippen molar-refractivity contribution in [2.24, 2.45) is 0 Å². The molecule has 1 amide bonds. The molecule has 0 saturated carbocycles. The summed E-state index contributed by atoms with van der Waals surface area (Å²) in [5, 5.41) is 3.95. The molecule has 0 spiro atoms. The number of rotatable bonds is 5.